The van der Waals surface area contributed by atoms with E-state index < -0.39 is 5.91 Å². The number of carbonyl (C=O) groups is 1. The van der Waals surface area contributed by atoms with Crippen LogP contribution in [0.4, 0.5) is 0 Å². The topological polar surface area (TPSA) is 88.6 Å². The van der Waals surface area contributed by atoms with E-state index in [1.807, 2.05) is 19.1 Å². The molecule has 2 heterocycles. The summed E-state index contributed by atoms with van der Waals surface area (Å²) in [5, 5.41) is 10.9. The van der Waals surface area contributed by atoms with Crippen LogP contribution in [0.25, 0.3) is 10.6 Å². The Bertz CT molecular complexity index is 946. The molecule has 0 bridgehead atoms. The Morgan fingerprint density at radius 1 is 1.23 bits per heavy atom. The molecule has 3 aromatic rings. The van der Waals surface area contributed by atoms with E-state index in [-0.39, 0.29) is 5.69 Å². The van der Waals surface area contributed by atoms with Crippen LogP contribution in [0.3, 0.4) is 0 Å². The SMILES string of the molecule is COc1ccc(OC)c(/C=N/NC(=O)c2cc(-c3ccc(C)s3)[nH]n2)c1. The molecule has 1 amide bonds. The Balaban J connectivity index is 1.69. The number of carbonyl (C=O) groups excluding carboxylic acids is 1. The van der Waals surface area contributed by atoms with Gasteiger partial charge in [-0.15, -0.1) is 11.3 Å². The highest BCUT2D eigenvalue weighted by atomic mass is 32.1. The van der Waals surface area contributed by atoms with Crippen molar-refractivity contribution in [3.8, 4) is 22.1 Å². The van der Waals surface area contributed by atoms with Gasteiger partial charge in [0.2, 0.25) is 0 Å². The van der Waals surface area contributed by atoms with E-state index in [1.54, 1.807) is 49.8 Å². The van der Waals surface area contributed by atoms with Gasteiger partial charge in [-0.3, -0.25) is 9.89 Å². The first-order chi connectivity index (χ1) is 12.6. The largest absolute Gasteiger partial charge is 0.497 e. The number of methoxy groups -OCH3 is 2. The van der Waals surface area contributed by atoms with Gasteiger partial charge >= 0.3 is 0 Å². The molecular formula is C18H18N4O3S. The van der Waals surface area contributed by atoms with Crippen molar-refractivity contribution in [2.24, 2.45) is 5.10 Å². The smallest absolute Gasteiger partial charge is 0.291 e. The molecule has 2 N–H and O–H groups in total. The number of aromatic nitrogens is 2. The number of nitrogens with zero attached hydrogens (tertiary/aromatic N) is 2. The molecule has 0 fully saturated rings. The van der Waals surface area contributed by atoms with Crippen molar-refractivity contribution in [2.45, 2.75) is 6.92 Å². The van der Waals surface area contributed by atoms with Gasteiger partial charge in [-0.1, -0.05) is 0 Å². The maximum absolute atomic E-state index is 12.2. The Morgan fingerprint density at radius 3 is 2.77 bits per heavy atom. The number of aromatic amines is 1. The molecule has 0 saturated heterocycles. The summed E-state index contributed by atoms with van der Waals surface area (Å²) in [6, 6.07) is 11.0. The number of ether oxygens (including phenoxy) is 2. The number of hydrazone groups is 1. The average Bonchev–Trinajstić information content (AvgIpc) is 3.30. The van der Waals surface area contributed by atoms with Gasteiger partial charge in [0.15, 0.2) is 5.69 Å². The van der Waals surface area contributed by atoms with Crippen LogP contribution in [0.15, 0.2) is 41.5 Å². The van der Waals surface area contributed by atoms with Crippen LogP contribution >= 0.6 is 11.3 Å². The van der Waals surface area contributed by atoms with Crippen LogP contribution < -0.4 is 14.9 Å². The fourth-order valence-corrected chi connectivity index (χ4v) is 3.14. The van der Waals surface area contributed by atoms with Gasteiger partial charge < -0.3 is 9.47 Å². The summed E-state index contributed by atoms with van der Waals surface area (Å²) < 4.78 is 10.4. The van der Waals surface area contributed by atoms with E-state index in [0.717, 1.165) is 10.6 Å². The van der Waals surface area contributed by atoms with Gasteiger partial charge in [0.25, 0.3) is 5.91 Å². The van der Waals surface area contributed by atoms with Crippen molar-refractivity contribution < 1.29 is 14.3 Å². The lowest BCUT2D eigenvalue weighted by Crippen LogP contribution is -2.18. The van der Waals surface area contributed by atoms with E-state index in [9.17, 15) is 4.79 Å². The highest BCUT2D eigenvalue weighted by Gasteiger charge is 2.12. The van der Waals surface area contributed by atoms with Crippen molar-refractivity contribution in [3.05, 3.63) is 52.5 Å². The van der Waals surface area contributed by atoms with Crippen LogP contribution in [0, 0.1) is 6.92 Å². The maximum atomic E-state index is 12.2. The number of hydrogen-bond donors (Lipinski definition) is 2. The second-order valence-electron chi connectivity index (χ2n) is 5.38. The third-order valence-corrected chi connectivity index (χ3v) is 4.66. The van der Waals surface area contributed by atoms with Gasteiger partial charge in [0.1, 0.15) is 11.5 Å². The number of H-pyrrole nitrogens is 1. The molecule has 0 aliphatic rings. The van der Waals surface area contributed by atoms with Gasteiger partial charge in [-0.2, -0.15) is 10.2 Å². The summed E-state index contributed by atoms with van der Waals surface area (Å²) in [4.78, 5) is 14.4. The molecule has 0 radical (unpaired) electrons. The molecule has 0 spiro atoms. The summed E-state index contributed by atoms with van der Waals surface area (Å²) in [5.41, 5.74) is 4.21. The molecule has 0 saturated carbocycles. The monoisotopic (exact) mass is 370 g/mol. The lowest BCUT2D eigenvalue weighted by Gasteiger charge is -2.06. The standard InChI is InChI=1S/C18H18N4O3S/c1-11-4-7-17(26-11)14-9-15(21-20-14)18(23)22-19-10-12-8-13(24-2)5-6-16(12)25-3/h4-10H,1-3H3,(H,20,21)(H,22,23)/b19-10+. The number of benzene rings is 1. The average molecular weight is 370 g/mol. The Labute approximate surface area is 154 Å². The van der Waals surface area contributed by atoms with Crippen molar-refractivity contribution in [1.29, 1.82) is 0 Å². The first-order valence-corrected chi connectivity index (χ1v) is 8.60. The molecule has 0 atom stereocenters. The van der Waals surface area contributed by atoms with Crippen LogP contribution in [0.5, 0.6) is 11.5 Å². The van der Waals surface area contributed by atoms with Crippen molar-refractivity contribution in [3.63, 3.8) is 0 Å². The van der Waals surface area contributed by atoms with Gasteiger partial charge in [-0.25, -0.2) is 5.43 Å². The number of rotatable bonds is 6. The second kappa shape index (κ2) is 7.83. The summed E-state index contributed by atoms with van der Waals surface area (Å²) >= 11 is 1.63. The molecule has 2 aromatic heterocycles. The summed E-state index contributed by atoms with van der Waals surface area (Å²) in [5.74, 6) is 0.888. The fraction of sp³-hybridized carbons (Fsp3) is 0.167. The van der Waals surface area contributed by atoms with Crippen molar-refractivity contribution in [1.82, 2.24) is 15.6 Å². The number of hydrogen-bond acceptors (Lipinski definition) is 6. The Hall–Kier alpha value is -3.13. The Morgan fingerprint density at radius 2 is 2.08 bits per heavy atom. The second-order valence-corrected chi connectivity index (χ2v) is 6.67. The predicted molar refractivity (Wildman–Crippen MR) is 101 cm³/mol. The fourth-order valence-electron chi connectivity index (χ4n) is 2.30. The summed E-state index contributed by atoms with van der Waals surface area (Å²) in [6.07, 6.45) is 1.50. The molecule has 0 aliphatic carbocycles. The van der Waals surface area contributed by atoms with E-state index in [0.29, 0.717) is 17.1 Å². The van der Waals surface area contributed by atoms with Crippen molar-refractivity contribution >= 4 is 23.5 Å². The van der Waals surface area contributed by atoms with Crippen molar-refractivity contribution in [2.75, 3.05) is 14.2 Å². The zero-order chi connectivity index (χ0) is 18.5. The molecule has 134 valence electrons. The first kappa shape index (κ1) is 17.7. The molecule has 0 unspecified atom stereocenters. The molecule has 26 heavy (non-hydrogen) atoms. The normalized spacial score (nSPS) is 10.9. The van der Waals surface area contributed by atoms with Crippen LogP contribution in [0.1, 0.15) is 20.9 Å². The minimum atomic E-state index is -0.404. The molecule has 7 nitrogen and oxygen atoms in total. The minimum absolute atomic E-state index is 0.265. The Kier molecular flexibility index (Phi) is 5.33. The lowest BCUT2D eigenvalue weighted by atomic mass is 10.2. The third-order valence-electron chi connectivity index (χ3n) is 3.62. The van der Waals surface area contributed by atoms with Gasteiger partial charge in [-0.05, 0) is 43.3 Å². The van der Waals surface area contributed by atoms with Crippen LogP contribution in [-0.4, -0.2) is 36.5 Å². The quantitative estimate of drug-likeness (QED) is 0.515. The molecular weight excluding hydrogens is 352 g/mol. The number of thiophene rings is 1. The number of nitrogens with one attached hydrogen (secondary N) is 2. The van der Waals surface area contributed by atoms with Gasteiger partial charge in [0.05, 0.1) is 31.0 Å². The highest BCUT2D eigenvalue weighted by Crippen LogP contribution is 2.26. The zero-order valence-corrected chi connectivity index (χ0v) is 15.4. The van der Waals surface area contributed by atoms with Gasteiger partial charge in [0, 0.05) is 10.4 Å². The number of amides is 1. The lowest BCUT2D eigenvalue weighted by molar-refractivity contribution is 0.0950. The minimum Gasteiger partial charge on any atom is -0.497 e. The third kappa shape index (κ3) is 3.92. The summed E-state index contributed by atoms with van der Waals surface area (Å²) in [6.45, 7) is 2.03. The van der Waals surface area contributed by atoms with Crippen LogP contribution in [-0.2, 0) is 0 Å². The van der Waals surface area contributed by atoms with E-state index in [1.165, 1.54) is 11.1 Å². The molecule has 0 aliphatic heterocycles. The van der Waals surface area contributed by atoms with Crippen LogP contribution in [0.2, 0.25) is 0 Å². The highest BCUT2D eigenvalue weighted by molar-refractivity contribution is 7.15. The van der Waals surface area contributed by atoms with E-state index in [4.69, 9.17) is 9.47 Å². The number of aryl methyl sites for hydroxylation is 1. The van der Waals surface area contributed by atoms with E-state index >= 15 is 0 Å². The molecule has 3 rings (SSSR count). The molecule has 1 aromatic carbocycles. The zero-order valence-electron chi connectivity index (χ0n) is 14.6. The maximum Gasteiger partial charge on any atom is 0.291 e. The molecule has 8 heteroatoms. The first-order valence-electron chi connectivity index (χ1n) is 7.78. The predicted octanol–water partition coefficient (Wildman–Crippen LogP) is 3.23. The van der Waals surface area contributed by atoms with E-state index in [2.05, 4.69) is 20.7 Å². The summed E-state index contributed by atoms with van der Waals surface area (Å²) in [7, 11) is 3.14.